The number of nitrogens with zero attached hydrogens (tertiary/aromatic N) is 3. The van der Waals surface area contributed by atoms with Gasteiger partial charge in [-0.25, -0.2) is 4.68 Å². The van der Waals surface area contributed by atoms with Crippen molar-refractivity contribution in [3.63, 3.8) is 0 Å². The molecular weight excluding hydrogens is 280 g/mol. The molecule has 0 spiro atoms. The van der Waals surface area contributed by atoms with Crippen LogP contribution in [0.2, 0.25) is 0 Å². The third kappa shape index (κ3) is 9.87. The van der Waals surface area contributed by atoms with E-state index >= 15 is 0 Å². The van der Waals surface area contributed by atoms with Gasteiger partial charge in [0.1, 0.15) is 5.69 Å². The zero-order valence-electron chi connectivity index (χ0n) is 14.5. The molecule has 0 fully saturated rings. The Labute approximate surface area is 134 Å². The van der Waals surface area contributed by atoms with Gasteiger partial charge in [0.25, 0.3) is 0 Å². The summed E-state index contributed by atoms with van der Waals surface area (Å²) in [5.74, 6) is 0.747. The largest absolute Gasteiger partial charge is 0.380 e. The van der Waals surface area contributed by atoms with Crippen molar-refractivity contribution in [2.75, 3.05) is 26.4 Å². The molecule has 0 saturated carbocycles. The topological polar surface area (TPSA) is 61.2 Å². The maximum atomic E-state index is 5.60. The Bertz CT molecular complexity index is 380. The zero-order valence-corrected chi connectivity index (χ0v) is 14.5. The zero-order chi connectivity index (χ0) is 16.2. The fourth-order valence-electron chi connectivity index (χ4n) is 1.96. The van der Waals surface area contributed by atoms with Crippen molar-refractivity contribution in [3.05, 3.63) is 11.9 Å². The second kappa shape index (κ2) is 11.6. The Balaban J connectivity index is 2.04. The van der Waals surface area contributed by atoms with Crippen LogP contribution >= 0.6 is 0 Å². The average molecular weight is 312 g/mol. The molecule has 0 aliphatic heterocycles. The Morgan fingerprint density at radius 3 is 2.68 bits per heavy atom. The van der Waals surface area contributed by atoms with Gasteiger partial charge in [0, 0.05) is 19.2 Å². The summed E-state index contributed by atoms with van der Waals surface area (Å²) in [7, 11) is 0. The van der Waals surface area contributed by atoms with Gasteiger partial charge >= 0.3 is 0 Å². The number of hydrogen-bond acceptors (Lipinski definition) is 5. The summed E-state index contributed by atoms with van der Waals surface area (Å²) in [4.78, 5) is 0. The van der Waals surface area contributed by atoms with Crippen molar-refractivity contribution in [1.29, 1.82) is 0 Å². The van der Waals surface area contributed by atoms with Crippen LogP contribution in [0, 0.1) is 5.92 Å². The predicted molar refractivity (Wildman–Crippen MR) is 87.7 cm³/mol. The summed E-state index contributed by atoms with van der Waals surface area (Å²) in [5, 5.41) is 11.5. The normalized spacial score (nSPS) is 11.7. The highest BCUT2D eigenvalue weighted by atomic mass is 16.5. The van der Waals surface area contributed by atoms with Crippen molar-refractivity contribution in [3.8, 4) is 0 Å². The molecule has 6 nitrogen and oxygen atoms in total. The summed E-state index contributed by atoms with van der Waals surface area (Å²) in [6.45, 7) is 13.0. The highest BCUT2D eigenvalue weighted by Crippen LogP contribution is 2.03. The Morgan fingerprint density at radius 2 is 1.95 bits per heavy atom. The molecule has 0 atom stereocenters. The van der Waals surface area contributed by atoms with E-state index in [9.17, 15) is 0 Å². The van der Waals surface area contributed by atoms with Gasteiger partial charge in [-0.1, -0.05) is 32.9 Å². The van der Waals surface area contributed by atoms with Crippen LogP contribution in [-0.4, -0.2) is 47.4 Å². The molecule has 0 aromatic carbocycles. The van der Waals surface area contributed by atoms with Gasteiger partial charge in [-0.05, 0) is 18.8 Å². The predicted octanol–water partition coefficient (Wildman–Crippen LogP) is 2.25. The highest BCUT2D eigenvalue weighted by Gasteiger charge is 2.01. The SMILES string of the molecule is CC(C)CCCOCCn1cc(COCCNC(C)C)nn1. The fourth-order valence-corrected chi connectivity index (χ4v) is 1.96. The third-order valence-electron chi connectivity index (χ3n) is 3.17. The van der Waals surface area contributed by atoms with E-state index in [0.717, 1.165) is 37.7 Å². The highest BCUT2D eigenvalue weighted by molar-refractivity contribution is 4.89. The lowest BCUT2D eigenvalue weighted by Gasteiger charge is -2.07. The molecule has 0 saturated heterocycles. The molecule has 0 aliphatic carbocycles. The maximum absolute atomic E-state index is 5.60. The van der Waals surface area contributed by atoms with E-state index in [2.05, 4.69) is 43.3 Å². The Hall–Kier alpha value is -0.980. The average Bonchev–Trinajstić information content (AvgIpc) is 2.89. The number of hydrogen-bond donors (Lipinski definition) is 1. The van der Waals surface area contributed by atoms with E-state index < -0.39 is 0 Å². The van der Waals surface area contributed by atoms with E-state index in [-0.39, 0.29) is 0 Å². The van der Waals surface area contributed by atoms with Crippen molar-refractivity contribution >= 4 is 0 Å². The Kier molecular flexibility index (Phi) is 10.0. The van der Waals surface area contributed by atoms with Gasteiger partial charge in [-0.2, -0.15) is 0 Å². The first-order chi connectivity index (χ1) is 10.6. The first kappa shape index (κ1) is 19.1. The van der Waals surface area contributed by atoms with Crippen LogP contribution in [0.25, 0.3) is 0 Å². The van der Waals surface area contributed by atoms with Crippen LogP contribution in [0.3, 0.4) is 0 Å². The van der Waals surface area contributed by atoms with Crippen LogP contribution in [0.4, 0.5) is 0 Å². The molecule has 1 N–H and O–H groups in total. The van der Waals surface area contributed by atoms with Crippen LogP contribution in [0.5, 0.6) is 0 Å². The summed E-state index contributed by atoms with van der Waals surface area (Å²) in [6.07, 6.45) is 4.27. The lowest BCUT2D eigenvalue weighted by Crippen LogP contribution is -2.26. The first-order valence-electron chi connectivity index (χ1n) is 8.35. The molecule has 1 aromatic heterocycles. The minimum atomic E-state index is 0.491. The van der Waals surface area contributed by atoms with Gasteiger partial charge in [-0.15, -0.1) is 5.10 Å². The summed E-state index contributed by atoms with van der Waals surface area (Å²) in [6, 6.07) is 0.491. The van der Waals surface area contributed by atoms with Gasteiger partial charge in [0.2, 0.25) is 0 Å². The molecule has 0 radical (unpaired) electrons. The standard InChI is InChI=1S/C16H32N4O2/c1-14(2)6-5-9-21-11-8-20-12-16(18-19-20)13-22-10-7-17-15(3)4/h12,14-15,17H,5-11,13H2,1-4H3. The summed E-state index contributed by atoms with van der Waals surface area (Å²) in [5.41, 5.74) is 0.865. The Morgan fingerprint density at radius 1 is 1.14 bits per heavy atom. The lowest BCUT2D eigenvalue weighted by molar-refractivity contribution is 0.117. The molecule has 0 bridgehead atoms. The molecule has 0 unspecified atom stereocenters. The summed E-state index contributed by atoms with van der Waals surface area (Å²) >= 11 is 0. The van der Waals surface area contributed by atoms with Gasteiger partial charge in [-0.3, -0.25) is 0 Å². The minimum Gasteiger partial charge on any atom is -0.380 e. The number of aromatic nitrogens is 3. The molecule has 1 heterocycles. The van der Waals surface area contributed by atoms with E-state index in [1.165, 1.54) is 6.42 Å². The number of nitrogens with one attached hydrogen (secondary N) is 1. The molecule has 0 amide bonds. The molecule has 6 heteroatoms. The van der Waals surface area contributed by atoms with E-state index in [4.69, 9.17) is 9.47 Å². The second-order valence-electron chi connectivity index (χ2n) is 6.28. The molecule has 1 rings (SSSR count). The van der Waals surface area contributed by atoms with Crippen molar-refractivity contribution in [1.82, 2.24) is 20.3 Å². The van der Waals surface area contributed by atoms with E-state index in [1.807, 2.05) is 10.9 Å². The van der Waals surface area contributed by atoms with Crippen LogP contribution < -0.4 is 5.32 Å². The van der Waals surface area contributed by atoms with Gasteiger partial charge in [0.05, 0.1) is 32.6 Å². The quantitative estimate of drug-likeness (QED) is 0.566. The molecule has 128 valence electrons. The van der Waals surface area contributed by atoms with Crippen LogP contribution in [0.15, 0.2) is 6.20 Å². The summed E-state index contributed by atoms with van der Waals surface area (Å²) < 4.78 is 13.0. The van der Waals surface area contributed by atoms with Crippen molar-refractivity contribution in [2.45, 2.75) is 59.7 Å². The van der Waals surface area contributed by atoms with E-state index in [1.54, 1.807) is 0 Å². The molecular formula is C16H32N4O2. The number of rotatable bonds is 13. The van der Waals surface area contributed by atoms with Gasteiger partial charge < -0.3 is 14.8 Å². The van der Waals surface area contributed by atoms with Crippen molar-refractivity contribution < 1.29 is 9.47 Å². The van der Waals surface area contributed by atoms with Gasteiger partial charge in [0.15, 0.2) is 0 Å². The fraction of sp³-hybridized carbons (Fsp3) is 0.875. The minimum absolute atomic E-state index is 0.491. The first-order valence-corrected chi connectivity index (χ1v) is 8.35. The lowest BCUT2D eigenvalue weighted by atomic mass is 10.1. The molecule has 22 heavy (non-hydrogen) atoms. The monoisotopic (exact) mass is 312 g/mol. The smallest absolute Gasteiger partial charge is 0.108 e. The van der Waals surface area contributed by atoms with E-state index in [0.29, 0.717) is 25.9 Å². The molecule has 1 aromatic rings. The van der Waals surface area contributed by atoms with Crippen LogP contribution in [0.1, 0.15) is 46.2 Å². The second-order valence-corrected chi connectivity index (χ2v) is 6.28. The number of ether oxygens (including phenoxy) is 2. The van der Waals surface area contributed by atoms with Crippen LogP contribution in [-0.2, 0) is 22.6 Å². The third-order valence-corrected chi connectivity index (χ3v) is 3.17. The maximum Gasteiger partial charge on any atom is 0.108 e. The van der Waals surface area contributed by atoms with Crippen molar-refractivity contribution in [2.24, 2.45) is 5.92 Å². The molecule has 0 aliphatic rings.